The zero-order valence-corrected chi connectivity index (χ0v) is 11.7. The molecule has 5 rings (SSSR count). The first-order chi connectivity index (χ1) is 9.64. The minimum absolute atomic E-state index is 0.133. The van der Waals surface area contributed by atoms with Gasteiger partial charge < -0.3 is 9.52 Å². The molecule has 4 saturated carbocycles. The van der Waals surface area contributed by atoms with Crippen LogP contribution in [0.2, 0.25) is 0 Å². The Hall–Kier alpha value is -1.32. The zero-order chi connectivity index (χ0) is 13.7. The molecule has 20 heavy (non-hydrogen) atoms. The molecular formula is C16H21NO3. The monoisotopic (exact) mass is 275 g/mol. The number of carbonyl (C=O) groups is 1. The summed E-state index contributed by atoms with van der Waals surface area (Å²) in [6, 6.07) is 0. The van der Waals surface area contributed by atoms with E-state index in [0.29, 0.717) is 6.42 Å². The first-order valence-corrected chi connectivity index (χ1v) is 7.79. The third-order valence-electron chi connectivity index (χ3n) is 5.75. The summed E-state index contributed by atoms with van der Waals surface area (Å²) in [6.45, 7) is 0. The van der Waals surface area contributed by atoms with Gasteiger partial charge >= 0.3 is 5.97 Å². The molecule has 4 aliphatic rings. The first kappa shape index (κ1) is 12.4. The number of hydrogen-bond acceptors (Lipinski definition) is 3. The average Bonchev–Trinajstić information content (AvgIpc) is 2.83. The average molecular weight is 275 g/mol. The number of hydrogen-bond donors (Lipinski definition) is 1. The first-order valence-electron chi connectivity index (χ1n) is 7.79. The van der Waals surface area contributed by atoms with Gasteiger partial charge in [0, 0.05) is 11.8 Å². The van der Waals surface area contributed by atoms with Gasteiger partial charge in [0.15, 0.2) is 6.39 Å². The summed E-state index contributed by atoms with van der Waals surface area (Å²) >= 11 is 0. The highest BCUT2D eigenvalue weighted by Crippen LogP contribution is 2.60. The van der Waals surface area contributed by atoms with Gasteiger partial charge in [0.2, 0.25) is 0 Å². The Labute approximate surface area is 118 Å². The summed E-state index contributed by atoms with van der Waals surface area (Å²) in [6.07, 6.45) is 10.1. The number of carboxylic acids is 1. The van der Waals surface area contributed by atoms with Crippen molar-refractivity contribution in [2.24, 2.45) is 17.8 Å². The summed E-state index contributed by atoms with van der Waals surface area (Å²) in [5, 5.41) is 8.88. The zero-order valence-electron chi connectivity index (χ0n) is 11.7. The fourth-order valence-corrected chi connectivity index (χ4v) is 5.50. The van der Waals surface area contributed by atoms with Crippen molar-refractivity contribution >= 4 is 5.97 Å². The quantitative estimate of drug-likeness (QED) is 0.916. The van der Waals surface area contributed by atoms with Crippen LogP contribution in [0.1, 0.15) is 56.4 Å². The van der Waals surface area contributed by atoms with E-state index in [1.54, 1.807) is 0 Å². The largest absolute Gasteiger partial charge is 0.481 e. The summed E-state index contributed by atoms with van der Waals surface area (Å²) in [7, 11) is 0. The van der Waals surface area contributed by atoms with Gasteiger partial charge in [0.1, 0.15) is 5.76 Å². The predicted octanol–water partition coefficient (Wildman–Crippen LogP) is 3.16. The molecule has 108 valence electrons. The molecule has 0 aromatic carbocycles. The number of rotatable bonds is 4. The Morgan fingerprint density at radius 3 is 2.40 bits per heavy atom. The maximum atomic E-state index is 10.8. The molecule has 4 nitrogen and oxygen atoms in total. The molecular weight excluding hydrogens is 254 g/mol. The van der Waals surface area contributed by atoms with Gasteiger partial charge in [-0.25, -0.2) is 4.98 Å². The van der Waals surface area contributed by atoms with Gasteiger partial charge in [0.05, 0.1) is 12.1 Å². The van der Waals surface area contributed by atoms with Crippen LogP contribution in [0.3, 0.4) is 0 Å². The lowest BCUT2D eigenvalue weighted by atomic mass is 9.48. The minimum Gasteiger partial charge on any atom is -0.481 e. The molecule has 1 N–H and O–H groups in total. The highest BCUT2D eigenvalue weighted by molar-refractivity contribution is 5.67. The molecule has 0 radical (unpaired) electrons. The van der Waals surface area contributed by atoms with Crippen LogP contribution in [0.25, 0.3) is 0 Å². The number of aromatic nitrogens is 1. The van der Waals surface area contributed by atoms with Gasteiger partial charge in [-0.15, -0.1) is 0 Å². The summed E-state index contributed by atoms with van der Waals surface area (Å²) in [4.78, 5) is 15.3. The van der Waals surface area contributed by atoms with Crippen LogP contribution < -0.4 is 0 Å². The fraction of sp³-hybridized carbons (Fsp3) is 0.750. The number of nitrogens with zero attached hydrogens (tertiary/aromatic N) is 1. The van der Waals surface area contributed by atoms with E-state index in [1.807, 2.05) is 0 Å². The Morgan fingerprint density at radius 2 is 1.85 bits per heavy atom. The van der Waals surface area contributed by atoms with Crippen LogP contribution in [0, 0.1) is 17.8 Å². The van der Waals surface area contributed by atoms with Crippen molar-refractivity contribution < 1.29 is 14.3 Å². The van der Waals surface area contributed by atoms with E-state index < -0.39 is 5.97 Å². The minimum atomic E-state index is -0.766. The van der Waals surface area contributed by atoms with Crippen LogP contribution in [0.4, 0.5) is 0 Å². The van der Waals surface area contributed by atoms with Gasteiger partial charge in [0.25, 0.3) is 0 Å². The molecule has 1 aromatic rings. The molecule has 4 fully saturated rings. The molecule has 0 saturated heterocycles. The molecule has 0 unspecified atom stereocenters. The third-order valence-corrected chi connectivity index (χ3v) is 5.75. The fourth-order valence-electron chi connectivity index (χ4n) is 5.50. The topological polar surface area (TPSA) is 63.3 Å². The van der Waals surface area contributed by atoms with E-state index >= 15 is 0 Å². The van der Waals surface area contributed by atoms with E-state index in [0.717, 1.165) is 29.2 Å². The van der Waals surface area contributed by atoms with Gasteiger partial charge in [-0.3, -0.25) is 4.79 Å². The molecule has 0 aliphatic heterocycles. The molecule has 4 heteroatoms. The Balaban J connectivity index is 1.64. The second-order valence-electron chi connectivity index (χ2n) is 7.22. The van der Waals surface area contributed by atoms with E-state index in [4.69, 9.17) is 9.52 Å². The second-order valence-corrected chi connectivity index (χ2v) is 7.22. The number of aryl methyl sites for hydroxylation is 1. The molecule has 4 bridgehead atoms. The molecule has 0 amide bonds. The normalized spacial score (nSPS) is 38.3. The Morgan fingerprint density at radius 1 is 1.25 bits per heavy atom. The smallest absolute Gasteiger partial charge is 0.303 e. The maximum absolute atomic E-state index is 10.8. The van der Waals surface area contributed by atoms with Crippen LogP contribution in [-0.4, -0.2) is 16.1 Å². The van der Waals surface area contributed by atoms with Crippen LogP contribution in [0.5, 0.6) is 0 Å². The van der Waals surface area contributed by atoms with E-state index in [1.165, 1.54) is 44.9 Å². The number of carboxylic acid groups (broad SMARTS) is 1. The highest BCUT2D eigenvalue weighted by Gasteiger charge is 2.53. The maximum Gasteiger partial charge on any atom is 0.303 e. The van der Waals surface area contributed by atoms with E-state index in [2.05, 4.69) is 4.98 Å². The highest BCUT2D eigenvalue weighted by atomic mass is 16.4. The van der Waals surface area contributed by atoms with E-state index in [-0.39, 0.29) is 11.8 Å². The van der Waals surface area contributed by atoms with Gasteiger partial charge in [-0.2, -0.15) is 0 Å². The lowest BCUT2D eigenvalue weighted by molar-refractivity contribution is -0.137. The van der Waals surface area contributed by atoms with Crippen molar-refractivity contribution in [2.45, 2.75) is 56.8 Å². The second kappa shape index (κ2) is 4.34. The summed E-state index contributed by atoms with van der Waals surface area (Å²) < 4.78 is 5.53. The molecule has 1 aromatic heterocycles. The van der Waals surface area contributed by atoms with Crippen LogP contribution >= 0.6 is 0 Å². The molecule has 0 atom stereocenters. The molecule has 4 aliphatic carbocycles. The van der Waals surface area contributed by atoms with E-state index in [9.17, 15) is 4.79 Å². The standard InChI is InChI=1S/C16H21NO3/c18-14(19)2-1-13-15(17-9-20-13)16-6-10-3-11(7-16)5-12(4-10)8-16/h9-12H,1-8H2,(H,18,19). The number of oxazole rings is 1. The van der Waals surface area contributed by atoms with Gasteiger partial charge in [-0.1, -0.05) is 0 Å². The third kappa shape index (κ3) is 1.88. The summed E-state index contributed by atoms with van der Waals surface area (Å²) in [5.41, 5.74) is 1.30. The summed E-state index contributed by atoms with van der Waals surface area (Å²) in [5.74, 6) is 2.66. The van der Waals surface area contributed by atoms with Gasteiger partial charge in [-0.05, 0) is 56.3 Å². The molecule has 1 heterocycles. The van der Waals surface area contributed by atoms with Crippen molar-refractivity contribution in [3.8, 4) is 0 Å². The lowest BCUT2D eigenvalue weighted by Gasteiger charge is -2.56. The van der Waals surface area contributed by atoms with Crippen molar-refractivity contribution in [3.05, 3.63) is 17.8 Å². The van der Waals surface area contributed by atoms with Crippen molar-refractivity contribution in [3.63, 3.8) is 0 Å². The Bertz CT molecular complexity index is 498. The van der Waals surface area contributed by atoms with Crippen molar-refractivity contribution in [2.75, 3.05) is 0 Å². The van der Waals surface area contributed by atoms with Crippen LogP contribution in [0.15, 0.2) is 10.8 Å². The van der Waals surface area contributed by atoms with Crippen molar-refractivity contribution in [1.82, 2.24) is 4.98 Å². The van der Waals surface area contributed by atoms with Crippen LogP contribution in [-0.2, 0) is 16.6 Å². The Kier molecular flexibility index (Phi) is 2.69. The molecule has 0 spiro atoms. The predicted molar refractivity (Wildman–Crippen MR) is 72.3 cm³/mol. The SMILES string of the molecule is O=C(O)CCc1ocnc1C12CC3CC(CC(C3)C1)C2. The lowest BCUT2D eigenvalue weighted by Crippen LogP contribution is -2.49. The number of aliphatic carboxylic acids is 1. The van der Waals surface area contributed by atoms with Crippen molar-refractivity contribution in [1.29, 1.82) is 0 Å².